The largest absolute Gasteiger partial charge is 0.454 e. The van der Waals surface area contributed by atoms with Gasteiger partial charge in [0, 0.05) is 22.7 Å². The van der Waals surface area contributed by atoms with Crippen LogP contribution in [-0.4, -0.2) is 39.7 Å². The molecule has 2 aliphatic rings. The van der Waals surface area contributed by atoms with Crippen molar-refractivity contribution in [2.75, 3.05) is 19.6 Å². The number of thioether (sulfide) groups is 1. The molecule has 2 aromatic carbocycles. The monoisotopic (exact) mass is 494 g/mol. The van der Waals surface area contributed by atoms with E-state index in [0.29, 0.717) is 22.6 Å². The van der Waals surface area contributed by atoms with E-state index in [4.69, 9.17) is 31.2 Å². The lowest BCUT2D eigenvalue weighted by Crippen LogP contribution is -2.46. The van der Waals surface area contributed by atoms with Crippen LogP contribution in [0.4, 0.5) is 0 Å². The Morgan fingerprint density at radius 1 is 1.15 bits per heavy atom. The summed E-state index contributed by atoms with van der Waals surface area (Å²) >= 11 is 7.47. The van der Waals surface area contributed by atoms with Crippen molar-refractivity contribution < 1.29 is 14.0 Å². The second-order valence-electron chi connectivity index (χ2n) is 8.15. The van der Waals surface area contributed by atoms with Gasteiger partial charge in [-0.2, -0.15) is 4.98 Å². The smallest absolute Gasteiger partial charge is 0.258 e. The highest BCUT2D eigenvalue weighted by Gasteiger charge is 2.34. The molecule has 3 aromatic rings. The van der Waals surface area contributed by atoms with Gasteiger partial charge in [0.05, 0.1) is 11.6 Å². The Bertz CT molecular complexity index is 1240. The van der Waals surface area contributed by atoms with Crippen molar-refractivity contribution in [2.45, 2.75) is 37.6 Å². The predicted octanol–water partition coefficient (Wildman–Crippen LogP) is 5.65. The van der Waals surface area contributed by atoms with Gasteiger partial charge in [-0.15, -0.1) is 11.8 Å². The zero-order valence-electron chi connectivity index (χ0n) is 19.3. The number of rotatable bonds is 7. The van der Waals surface area contributed by atoms with Crippen molar-refractivity contribution in [1.29, 1.82) is 0 Å². The Kier molecular flexibility index (Phi) is 6.47. The molecule has 1 unspecified atom stereocenters. The van der Waals surface area contributed by atoms with Crippen molar-refractivity contribution in [3.8, 4) is 22.9 Å². The molecule has 34 heavy (non-hydrogen) atoms. The Hall–Kier alpha value is -3.04. The Morgan fingerprint density at radius 2 is 1.94 bits per heavy atom. The van der Waals surface area contributed by atoms with Crippen LogP contribution in [-0.2, 0) is 0 Å². The minimum Gasteiger partial charge on any atom is -0.454 e. The van der Waals surface area contributed by atoms with E-state index in [1.165, 1.54) is 4.90 Å². The van der Waals surface area contributed by atoms with Gasteiger partial charge in [0.1, 0.15) is 0 Å². The minimum absolute atomic E-state index is 0.189. The van der Waals surface area contributed by atoms with Crippen LogP contribution in [0.15, 0.2) is 57.6 Å². The van der Waals surface area contributed by atoms with E-state index in [1.807, 2.05) is 18.2 Å². The van der Waals surface area contributed by atoms with Gasteiger partial charge in [-0.25, -0.2) is 0 Å². The van der Waals surface area contributed by atoms with Gasteiger partial charge >= 0.3 is 0 Å². The maximum absolute atomic E-state index is 5.83. The van der Waals surface area contributed by atoms with Gasteiger partial charge in [0.2, 0.25) is 12.6 Å². The first-order chi connectivity index (χ1) is 16.6. The summed E-state index contributed by atoms with van der Waals surface area (Å²) in [6, 6.07) is 13.9. The fourth-order valence-electron chi connectivity index (χ4n) is 4.18. The number of nitrogens with zero attached hydrogens (tertiary/aromatic N) is 3. The second-order valence-corrected chi connectivity index (χ2v) is 9.42. The van der Waals surface area contributed by atoms with Gasteiger partial charge in [-0.1, -0.05) is 30.6 Å². The summed E-state index contributed by atoms with van der Waals surface area (Å²) in [5, 5.41) is 8.52. The number of benzene rings is 2. The maximum Gasteiger partial charge on any atom is 0.258 e. The molecular weight excluding hydrogens is 468 g/mol. The van der Waals surface area contributed by atoms with Crippen molar-refractivity contribution >= 4 is 34.7 Å². The SMILES string of the molecule is CCCCN1C(=S)NC(c2ccc(SC)cc2)C(c2nc(-c3ccc4c(c3)OCO4)no2)=C1C. The number of thiocarbonyl (C=S) groups is 1. The van der Waals surface area contributed by atoms with Gasteiger partial charge in [0.15, 0.2) is 16.6 Å². The quantitative estimate of drug-likeness (QED) is 0.331. The van der Waals surface area contributed by atoms with Crippen molar-refractivity contribution in [3.63, 3.8) is 0 Å². The van der Waals surface area contributed by atoms with E-state index in [9.17, 15) is 0 Å². The molecule has 3 heterocycles. The van der Waals surface area contributed by atoms with E-state index in [1.54, 1.807) is 11.8 Å². The number of allylic oxidation sites excluding steroid dienone is 1. The first-order valence-electron chi connectivity index (χ1n) is 11.3. The third-order valence-electron chi connectivity index (χ3n) is 6.07. The first kappa shape index (κ1) is 22.7. The number of hydrogen-bond donors (Lipinski definition) is 1. The van der Waals surface area contributed by atoms with Gasteiger partial charge in [0.25, 0.3) is 5.89 Å². The van der Waals surface area contributed by atoms with Crippen LogP contribution in [0, 0.1) is 0 Å². The predicted molar refractivity (Wildman–Crippen MR) is 137 cm³/mol. The van der Waals surface area contributed by atoms with Crippen LogP contribution in [0.2, 0.25) is 0 Å². The summed E-state index contributed by atoms with van der Waals surface area (Å²) < 4.78 is 16.8. The van der Waals surface area contributed by atoms with Crippen molar-refractivity contribution in [2.24, 2.45) is 0 Å². The number of nitrogens with one attached hydrogen (secondary N) is 1. The lowest BCUT2D eigenvalue weighted by molar-refractivity contribution is 0.174. The Labute approximate surface area is 208 Å². The molecule has 7 nitrogen and oxygen atoms in total. The van der Waals surface area contributed by atoms with Gasteiger partial charge in [-0.05, 0) is 67.7 Å². The molecule has 1 aromatic heterocycles. The lowest BCUT2D eigenvalue weighted by atomic mass is 9.94. The lowest BCUT2D eigenvalue weighted by Gasteiger charge is -2.37. The highest BCUT2D eigenvalue weighted by atomic mass is 32.2. The average molecular weight is 495 g/mol. The third kappa shape index (κ3) is 4.25. The molecule has 0 aliphatic carbocycles. The van der Waals surface area contributed by atoms with Crippen LogP contribution >= 0.6 is 24.0 Å². The fraction of sp³-hybridized carbons (Fsp3) is 0.320. The van der Waals surface area contributed by atoms with E-state index in [2.05, 4.69) is 59.7 Å². The number of fused-ring (bicyclic) bond motifs is 1. The van der Waals surface area contributed by atoms with Crippen molar-refractivity contribution in [3.05, 3.63) is 59.6 Å². The molecule has 0 amide bonds. The Balaban J connectivity index is 1.55. The second kappa shape index (κ2) is 9.68. The molecule has 2 aliphatic heterocycles. The van der Waals surface area contributed by atoms with Gasteiger partial charge < -0.3 is 24.2 Å². The zero-order valence-corrected chi connectivity index (χ0v) is 21.0. The van der Waals surface area contributed by atoms with Crippen LogP contribution in [0.3, 0.4) is 0 Å². The molecule has 176 valence electrons. The summed E-state index contributed by atoms with van der Waals surface area (Å²) in [6.45, 7) is 5.30. The summed E-state index contributed by atoms with van der Waals surface area (Å²) in [5.74, 6) is 2.37. The summed E-state index contributed by atoms with van der Waals surface area (Å²) in [5.41, 5.74) is 3.85. The van der Waals surface area contributed by atoms with E-state index < -0.39 is 0 Å². The normalized spacial score (nSPS) is 17.3. The van der Waals surface area contributed by atoms with Crippen LogP contribution < -0.4 is 14.8 Å². The molecule has 5 rings (SSSR count). The molecule has 0 saturated heterocycles. The number of unbranched alkanes of at least 4 members (excludes halogenated alkanes) is 1. The molecule has 0 fully saturated rings. The molecule has 0 spiro atoms. The molecule has 0 saturated carbocycles. The molecule has 1 N–H and O–H groups in total. The highest BCUT2D eigenvalue weighted by Crippen LogP contribution is 2.39. The number of hydrogen-bond acceptors (Lipinski definition) is 7. The standard InChI is InChI=1S/C25H26N4O3S2/c1-4-5-12-29-15(2)21(22(26-25(29)33)16-6-9-18(34-3)10-7-16)24-27-23(28-32-24)17-8-11-19-20(13-17)31-14-30-19/h6-11,13,22H,4-5,12,14H2,1-3H3,(H,26,33). The van der Waals surface area contributed by atoms with E-state index >= 15 is 0 Å². The summed E-state index contributed by atoms with van der Waals surface area (Å²) in [4.78, 5) is 8.12. The average Bonchev–Trinajstić information content (AvgIpc) is 3.53. The Morgan fingerprint density at radius 3 is 2.71 bits per heavy atom. The van der Waals surface area contributed by atoms with Crippen molar-refractivity contribution in [1.82, 2.24) is 20.4 Å². The summed E-state index contributed by atoms with van der Waals surface area (Å²) in [7, 11) is 0. The first-order valence-corrected chi connectivity index (χ1v) is 12.9. The maximum atomic E-state index is 5.83. The molecule has 0 radical (unpaired) electrons. The third-order valence-corrected chi connectivity index (χ3v) is 7.15. The number of aromatic nitrogens is 2. The zero-order chi connectivity index (χ0) is 23.7. The summed E-state index contributed by atoms with van der Waals surface area (Å²) in [6.07, 6.45) is 4.18. The highest BCUT2D eigenvalue weighted by molar-refractivity contribution is 7.98. The van der Waals surface area contributed by atoms with Crippen LogP contribution in [0.1, 0.15) is 44.2 Å². The minimum atomic E-state index is -0.189. The van der Waals surface area contributed by atoms with E-state index in [-0.39, 0.29) is 12.8 Å². The topological polar surface area (TPSA) is 72.7 Å². The molecule has 1 atom stereocenters. The molecule has 9 heteroatoms. The van der Waals surface area contributed by atoms with E-state index in [0.717, 1.165) is 47.5 Å². The molecule has 0 bridgehead atoms. The van der Waals surface area contributed by atoms with Gasteiger partial charge in [-0.3, -0.25) is 0 Å². The van der Waals surface area contributed by atoms with Crippen LogP contribution in [0.25, 0.3) is 17.0 Å². The fourth-order valence-corrected chi connectivity index (χ4v) is 4.93. The van der Waals surface area contributed by atoms with Crippen LogP contribution in [0.5, 0.6) is 11.5 Å². The number of ether oxygens (including phenoxy) is 2. The molecular formula is C25H26N4O3S2.